The molecule has 0 aromatic heterocycles. The minimum atomic E-state index is -0.0783. The highest BCUT2D eigenvalue weighted by atomic mass is 35.5. The standard InChI is InChI=1S/C12H11ClN2OS2/c13-9-3-1-8(2-4-9)7-10-11(16)15(6-5-14)12(17)18-10/h1-4,7H,5-6,14H2/b10-7+. The minimum Gasteiger partial charge on any atom is -0.329 e. The van der Waals surface area contributed by atoms with Gasteiger partial charge in [0.2, 0.25) is 0 Å². The highest BCUT2D eigenvalue weighted by molar-refractivity contribution is 8.26. The van der Waals surface area contributed by atoms with Crippen LogP contribution in [0.15, 0.2) is 29.2 Å². The fourth-order valence-corrected chi connectivity index (χ4v) is 2.97. The van der Waals surface area contributed by atoms with Crippen LogP contribution in [-0.2, 0) is 4.79 Å². The van der Waals surface area contributed by atoms with E-state index in [2.05, 4.69) is 0 Å². The van der Waals surface area contributed by atoms with Gasteiger partial charge >= 0.3 is 0 Å². The van der Waals surface area contributed by atoms with Crippen LogP contribution in [0.1, 0.15) is 5.56 Å². The first kappa shape index (κ1) is 13.5. The number of amides is 1. The van der Waals surface area contributed by atoms with E-state index < -0.39 is 0 Å². The first-order valence-electron chi connectivity index (χ1n) is 5.33. The van der Waals surface area contributed by atoms with Gasteiger partial charge in [0.15, 0.2) is 0 Å². The van der Waals surface area contributed by atoms with Gasteiger partial charge in [0.1, 0.15) is 4.32 Å². The predicted molar refractivity (Wildman–Crippen MR) is 80.4 cm³/mol. The van der Waals surface area contributed by atoms with Crippen LogP contribution in [0.4, 0.5) is 0 Å². The molecule has 1 aliphatic rings. The van der Waals surface area contributed by atoms with Gasteiger partial charge in [-0.15, -0.1) is 0 Å². The van der Waals surface area contributed by atoms with Crippen molar-refractivity contribution in [2.24, 2.45) is 5.73 Å². The molecule has 1 fully saturated rings. The fourth-order valence-electron chi connectivity index (χ4n) is 1.53. The molecular formula is C12H11ClN2OS2. The topological polar surface area (TPSA) is 46.3 Å². The number of rotatable bonds is 3. The molecule has 6 heteroatoms. The Morgan fingerprint density at radius 2 is 2.06 bits per heavy atom. The normalized spacial score (nSPS) is 17.9. The molecule has 94 valence electrons. The quantitative estimate of drug-likeness (QED) is 0.688. The number of thiocarbonyl (C=S) groups is 1. The maximum Gasteiger partial charge on any atom is 0.266 e. The monoisotopic (exact) mass is 298 g/mol. The number of hydrogen-bond donors (Lipinski definition) is 1. The Hall–Kier alpha value is -0.880. The lowest BCUT2D eigenvalue weighted by Gasteiger charge is -2.11. The van der Waals surface area contributed by atoms with Gasteiger partial charge in [0, 0.05) is 18.1 Å². The lowest BCUT2D eigenvalue weighted by Crippen LogP contribution is -2.32. The number of carbonyl (C=O) groups excluding carboxylic acids is 1. The highest BCUT2D eigenvalue weighted by Crippen LogP contribution is 2.32. The lowest BCUT2D eigenvalue weighted by molar-refractivity contribution is -0.122. The van der Waals surface area contributed by atoms with Crippen LogP contribution >= 0.6 is 35.6 Å². The summed E-state index contributed by atoms with van der Waals surface area (Å²) in [6.45, 7) is 0.864. The second-order valence-electron chi connectivity index (χ2n) is 3.67. The highest BCUT2D eigenvalue weighted by Gasteiger charge is 2.31. The fraction of sp³-hybridized carbons (Fsp3) is 0.167. The number of benzene rings is 1. The molecule has 18 heavy (non-hydrogen) atoms. The molecule has 1 amide bonds. The Kier molecular flexibility index (Phi) is 4.40. The molecule has 0 bridgehead atoms. The van der Waals surface area contributed by atoms with Gasteiger partial charge in [0.05, 0.1) is 4.91 Å². The summed E-state index contributed by atoms with van der Waals surface area (Å²) in [6, 6.07) is 7.29. The molecule has 0 radical (unpaired) electrons. The van der Waals surface area contributed by atoms with E-state index >= 15 is 0 Å². The van der Waals surface area contributed by atoms with Crippen LogP contribution in [-0.4, -0.2) is 28.2 Å². The van der Waals surface area contributed by atoms with Gasteiger partial charge < -0.3 is 5.73 Å². The van der Waals surface area contributed by atoms with Crippen molar-refractivity contribution in [2.75, 3.05) is 13.1 Å². The number of halogens is 1. The van der Waals surface area contributed by atoms with E-state index in [4.69, 9.17) is 29.6 Å². The molecule has 1 saturated heterocycles. The smallest absolute Gasteiger partial charge is 0.266 e. The van der Waals surface area contributed by atoms with Crippen LogP contribution < -0.4 is 5.73 Å². The molecule has 1 heterocycles. The molecule has 0 atom stereocenters. The zero-order valence-corrected chi connectivity index (χ0v) is 11.8. The second kappa shape index (κ2) is 5.84. The molecule has 1 aromatic rings. The maximum atomic E-state index is 12.0. The number of nitrogens with two attached hydrogens (primary N) is 1. The molecule has 0 unspecified atom stereocenters. The first-order valence-corrected chi connectivity index (χ1v) is 6.93. The molecule has 1 aromatic carbocycles. The van der Waals surface area contributed by atoms with Crippen molar-refractivity contribution < 1.29 is 4.79 Å². The van der Waals surface area contributed by atoms with Gasteiger partial charge in [-0.3, -0.25) is 9.69 Å². The SMILES string of the molecule is NCCN1C(=O)/C(=C\c2ccc(Cl)cc2)SC1=S. The Balaban J connectivity index is 2.22. The minimum absolute atomic E-state index is 0.0783. The largest absolute Gasteiger partial charge is 0.329 e. The van der Waals surface area contributed by atoms with E-state index in [0.717, 1.165) is 5.56 Å². The Labute approximate surface area is 120 Å². The molecule has 2 N–H and O–H groups in total. The molecule has 1 aliphatic heterocycles. The predicted octanol–water partition coefficient (Wildman–Crippen LogP) is 2.50. The van der Waals surface area contributed by atoms with Gasteiger partial charge in [-0.05, 0) is 23.8 Å². The Morgan fingerprint density at radius 3 is 2.67 bits per heavy atom. The van der Waals surface area contributed by atoms with Gasteiger partial charge in [0.25, 0.3) is 5.91 Å². The average Bonchev–Trinajstić information content (AvgIpc) is 2.60. The molecule has 0 spiro atoms. The third kappa shape index (κ3) is 2.92. The Morgan fingerprint density at radius 1 is 1.39 bits per heavy atom. The first-order chi connectivity index (χ1) is 8.61. The van der Waals surface area contributed by atoms with Crippen molar-refractivity contribution >= 4 is 51.9 Å². The third-order valence-corrected chi connectivity index (χ3v) is 4.02. The van der Waals surface area contributed by atoms with E-state index in [9.17, 15) is 4.79 Å². The molecule has 0 saturated carbocycles. The van der Waals surface area contributed by atoms with Gasteiger partial charge in [-0.25, -0.2) is 0 Å². The van der Waals surface area contributed by atoms with Crippen molar-refractivity contribution in [3.8, 4) is 0 Å². The van der Waals surface area contributed by atoms with Crippen LogP contribution in [0.25, 0.3) is 6.08 Å². The van der Waals surface area contributed by atoms with Crippen molar-refractivity contribution in [3.63, 3.8) is 0 Å². The zero-order chi connectivity index (χ0) is 13.1. The van der Waals surface area contributed by atoms with Gasteiger partial charge in [-0.2, -0.15) is 0 Å². The van der Waals surface area contributed by atoms with E-state index in [1.54, 1.807) is 12.1 Å². The third-order valence-electron chi connectivity index (χ3n) is 2.39. The van der Waals surface area contributed by atoms with Crippen molar-refractivity contribution in [1.82, 2.24) is 4.90 Å². The average molecular weight is 299 g/mol. The zero-order valence-electron chi connectivity index (χ0n) is 9.43. The van der Waals surface area contributed by atoms with Crippen molar-refractivity contribution in [2.45, 2.75) is 0 Å². The summed E-state index contributed by atoms with van der Waals surface area (Å²) in [7, 11) is 0. The summed E-state index contributed by atoms with van der Waals surface area (Å²) in [6.07, 6.45) is 1.81. The van der Waals surface area contributed by atoms with Crippen LogP contribution in [0, 0.1) is 0 Å². The molecule has 2 rings (SSSR count). The number of carbonyl (C=O) groups is 1. The van der Waals surface area contributed by atoms with E-state index in [1.807, 2.05) is 18.2 Å². The molecule has 0 aliphatic carbocycles. The lowest BCUT2D eigenvalue weighted by atomic mass is 10.2. The van der Waals surface area contributed by atoms with Crippen LogP contribution in [0.2, 0.25) is 5.02 Å². The maximum absolute atomic E-state index is 12.0. The summed E-state index contributed by atoms with van der Waals surface area (Å²) >= 11 is 12.3. The summed E-state index contributed by atoms with van der Waals surface area (Å²) in [5.41, 5.74) is 6.37. The molecule has 3 nitrogen and oxygen atoms in total. The number of nitrogens with zero attached hydrogens (tertiary/aromatic N) is 1. The van der Waals surface area contributed by atoms with E-state index in [0.29, 0.717) is 27.3 Å². The summed E-state index contributed by atoms with van der Waals surface area (Å²) < 4.78 is 0.561. The summed E-state index contributed by atoms with van der Waals surface area (Å²) in [5, 5.41) is 0.669. The van der Waals surface area contributed by atoms with E-state index in [1.165, 1.54) is 16.7 Å². The van der Waals surface area contributed by atoms with E-state index in [-0.39, 0.29) is 5.91 Å². The van der Waals surface area contributed by atoms with Crippen LogP contribution in [0.3, 0.4) is 0 Å². The van der Waals surface area contributed by atoms with Gasteiger partial charge in [-0.1, -0.05) is 47.7 Å². The van der Waals surface area contributed by atoms with Crippen molar-refractivity contribution in [1.29, 1.82) is 0 Å². The summed E-state index contributed by atoms with van der Waals surface area (Å²) in [4.78, 5) is 14.2. The Bertz CT molecular complexity index is 513. The molecular weight excluding hydrogens is 288 g/mol. The summed E-state index contributed by atoms with van der Waals surface area (Å²) in [5.74, 6) is -0.0783. The van der Waals surface area contributed by atoms with Crippen molar-refractivity contribution in [3.05, 3.63) is 39.8 Å². The second-order valence-corrected chi connectivity index (χ2v) is 5.79. The number of thioether (sulfide) groups is 1. The van der Waals surface area contributed by atoms with Crippen LogP contribution in [0.5, 0.6) is 0 Å². The number of hydrogen-bond acceptors (Lipinski definition) is 4.